The smallest absolute Gasteiger partial charge is 0.159 e. The van der Waals surface area contributed by atoms with Gasteiger partial charge in [-0.15, -0.1) is 0 Å². The van der Waals surface area contributed by atoms with Crippen LogP contribution in [0.4, 0.5) is 8.78 Å². The van der Waals surface area contributed by atoms with Crippen LogP contribution in [0.1, 0.15) is 24.1 Å². The number of hydrogen-bond acceptors (Lipinski definition) is 2. The van der Waals surface area contributed by atoms with E-state index in [1.54, 1.807) is 12.1 Å². The normalized spacial score (nSPS) is 12.2. The molecule has 2 aromatic rings. The third-order valence-electron chi connectivity index (χ3n) is 2.80. The van der Waals surface area contributed by atoms with Crippen LogP contribution in [0.2, 0.25) is 0 Å². The Bertz CT molecular complexity index is 553. The summed E-state index contributed by atoms with van der Waals surface area (Å²) in [7, 11) is 0. The molecule has 0 aromatic heterocycles. The van der Waals surface area contributed by atoms with Crippen LogP contribution in [0.3, 0.4) is 0 Å². The van der Waals surface area contributed by atoms with Gasteiger partial charge in [0.05, 0.1) is 0 Å². The van der Waals surface area contributed by atoms with Gasteiger partial charge in [-0.25, -0.2) is 8.78 Å². The molecule has 0 amide bonds. The van der Waals surface area contributed by atoms with E-state index in [1.165, 1.54) is 6.07 Å². The summed E-state index contributed by atoms with van der Waals surface area (Å²) in [5.74, 6) is -1.06. The van der Waals surface area contributed by atoms with Gasteiger partial charge in [0.25, 0.3) is 0 Å². The largest absolute Gasteiger partial charge is 0.489 e. The molecule has 2 aromatic carbocycles. The van der Waals surface area contributed by atoms with Crippen molar-refractivity contribution in [2.75, 3.05) is 0 Å². The van der Waals surface area contributed by atoms with Gasteiger partial charge in [0.15, 0.2) is 11.6 Å². The fraction of sp³-hybridized carbons (Fsp3) is 0.200. The van der Waals surface area contributed by atoms with Gasteiger partial charge in [-0.1, -0.05) is 18.2 Å². The van der Waals surface area contributed by atoms with Crippen molar-refractivity contribution in [3.05, 3.63) is 65.2 Å². The summed E-state index contributed by atoms with van der Waals surface area (Å²) in [6.45, 7) is 2.09. The first kappa shape index (κ1) is 13.5. The Labute approximate surface area is 110 Å². The van der Waals surface area contributed by atoms with Crippen LogP contribution in [0.15, 0.2) is 42.5 Å². The molecule has 0 bridgehead atoms. The number of hydrogen-bond donors (Lipinski definition) is 1. The molecule has 4 heteroatoms. The Hall–Kier alpha value is -1.94. The minimum Gasteiger partial charge on any atom is -0.489 e. The van der Waals surface area contributed by atoms with Crippen LogP contribution in [0.25, 0.3) is 0 Å². The molecular weight excluding hydrogens is 248 g/mol. The van der Waals surface area contributed by atoms with E-state index >= 15 is 0 Å². The second kappa shape index (κ2) is 5.80. The zero-order valence-corrected chi connectivity index (χ0v) is 10.6. The van der Waals surface area contributed by atoms with Gasteiger partial charge in [-0.3, -0.25) is 0 Å². The van der Waals surface area contributed by atoms with Gasteiger partial charge in [0, 0.05) is 6.04 Å². The lowest BCUT2D eigenvalue weighted by molar-refractivity contribution is 0.305. The average Bonchev–Trinajstić information content (AvgIpc) is 2.40. The molecule has 0 spiro atoms. The van der Waals surface area contributed by atoms with Crippen molar-refractivity contribution in [3.63, 3.8) is 0 Å². The summed E-state index contributed by atoms with van der Waals surface area (Å²) in [6, 6.07) is 11.1. The molecule has 0 aliphatic rings. The van der Waals surface area contributed by atoms with Gasteiger partial charge in [0.1, 0.15) is 12.4 Å². The van der Waals surface area contributed by atoms with Gasteiger partial charge < -0.3 is 10.5 Å². The highest BCUT2D eigenvalue weighted by molar-refractivity contribution is 5.29. The van der Waals surface area contributed by atoms with Crippen molar-refractivity contribution in [2.24, 2.45) is 5.73 Å². The molecule has 2 nitrogen and oxygen atoms in total. The molecule has 0 aliphatic carbocycles. The summed E-state index contributed by atoms with van der Waals surface area (Å²) in [4.78, 5) is 0. The first-order valence-electron chi connectivity index (χ1n) is 5.98. The molecule has 0 saturated carbocycles. The molecule has 1 atom stereocenters. The van der Waals surface area contributed by atoms with Crippen LogP contribution in [-0.4, -0.2) is 0 Å². The van der Waals surface area contributed by atoms with Crippen LogP contribution in [0.5, 0.6) is 5.75 Å². The van der Waals surface area contributed by atoms with Crippen LogP contribution in [0, 0.1) is 11.6 Å². The molecule has 0 unspecified atom stereocenters. The summed E-state index contributed by atoms with van der Waals surface area (Å²) in [6.07, 6.45) is 0. The Morgan fingerprint density at radius 3 is 2.32 bits per heavy atom. The van der Waals surface area contributed by atoms with Crippen molar-refractivity contribution in [2.45, 2.75) is 19.6 Å². The van der Waals surface area contributed by atoms with Gasteiger partial charge >= 0.3 is 0 Å². The van der Waals surface area contributed by atoms with Crippen molar-refractivity contribution in [1.82, 2.24) is 0 Å². The quantitative estimate of drug-likeness (QED) is 0.915. The predicted octanol–water partition coefficient (Wildman–Crippen LogP) is 3.56. The molecule has 2 rings (SSSR count). The second-order valence-corrected chi connectivity index (χ2v) is 4.39. The highest BCUT2D eigenvalue weighted by atomic mass is 19.2. The van der Waals surface area contributed by atoms with Crippen LogP contribution in [-0.2, 0) is 6.61 Å². The summed E-state index contributed by atoms with van der Waals surface area (Å²) >= 11 is 0. The maximum absolute atomic E-state index is 13.0. The molecule has 0 fully saturated rings. The molecule has 0 radical (unpaired) electrons. The fourth-order valence-corrected chi connectivity index (χ4v) is 1.66. The topological polar surface area (TPSA) is 35.2 Å². The number of rotatable bonds is 4. The zero-order chi connectivity index (χ0) is 13.8. The first-order chi connectivity index (χ1) is 9.06. The number of benzene rings is 2. The third kappa shape index (κ3) is 3.51. The second-order valence-electron chi connectivity index (χ2n) is 4.39. The van der Waals surface area contributed by atoms with E-state index < -0.39 is 11.6 Å². The highest BCUT2D eigenvalue weighted by Gasteiger charge is 2.04. The van der Waals surface area contributed by atoms with E-state index in [0.717, 1.165) is 17.7 Å². The van der Waals surface area contributed by atoms with Gasteiger partial charge in [-0.2, -0.15) is 0 Å². The molecule has 2 N–H and O–H groups in total. The molecule has 0 saturated heterocycles. The van der Waals surface area contributed by atoms with Crippen molar-refractivity contribution in [1.29, 1.82) is 0 Å². The van der Waals surface area contributed by atoms with E-state index in [4.69, 9.17) is 10.5 Å². The van der Waals surface area contributed by atoms with Crippen LogP contribution >= 0.6 is 0 Å². The Balaban J connectivity index is 2.00. The summed E-state index contributed by atoms with van der Waals surface area (Å²) < 4.78 is 31.2. The van der Waals surface area contributed by atoms with Crippen molar-refractivity contribution in [3.8, 4) is 5.75 Å². The van der Waals surface area contributed by atoms with Crippen molar-refractivity contribution >= 4 is 0 Å². The van der Waals surface area contributed by atoms with Gasteiger partial charge in [-0.05, 0) is 42.3 Å². The lowest BCUT2D eigenvalue weighted by atomic mass is 10.1. The van der Waals surface area contributed by atoms with E-state index in [2.05, 4.69) is 0 Å². The maximum atomic E-state index is 13.0. The molecular formula is C15H15F2NO. The molecule has 0 aliphatic heterocycles. The third-order valence-corrected chi connectivity index (χ3v) is 2.80. The van der Waals surface area contributed by atoms with E-state index in [1.807, 2.05) is 19.1 Å². The Morgan fingerprint density at radius 2 is 1.74 bits per heavy atom. The maximum Gasteiger partial charge on any atom is 0.159 e. The molecule has 19 heavy (non-hydrogen) atoms. The van der Waals surface area contributed by atoms with Crippen LogP contribution < -0.4 is 10.5 Å². The minimum atomic E-state index is -0.867. The van der Waals surface area contributed by atoms with E-state index in [-0.39, 0.29) is 12.6 Å². The monoisotopic (exact) mass is 263 g/mol. The van der Waals surface area contributed by atoms with E-state index in [0.29, 0.717) is 11.3 Å². The standard InChI is InChI=1S/C15H15F2NO/c1-10(18)12-3-5-13(6-4-12)19-9-11-2-7-14(16)15(17)8-11/h2-8,10H,9,18H2,1H3/t10-/m0/s1. The number of halogens is 2. The Kier molecular flexibility index (Phi) is 4.12. The average molecular weight is 263 g/mol. The SMILES string of the molecule is C[C@H](N)c1ccc(OCc2ccc(F)c(F)c2)cc1. The number of ether oxygens (including phenoxy) is 1. The number of nitrogens with two attached hydrogens (primary N) is 1. The molecule has 100 valence electrons. The highest BCUT2D eigenvalue weighted by Crippen LogP contribution is 2.18. The van der Waals surface area contributed by atoms with Crippen molar-refractivity contribution < 1.29 is 13.5 Å². The van der Waals surface area contributed by atoms with E-state index in [9.17, 15) is 8.78 Å². The predicted molar refractivity (Wildman–Crippen MR) is 69.7 cm³/mol. The zero-order valence-electron chi connectivity index (χ0n) is 10.6. The Morgan fingerprint density at radius 1 is 1.05 bits per heavy atom. The minimum absolute atomic E-state index is 0.0276. The molecule has 0 heterocycles. The summed E-state index contributed by atoms with van der Waals surface area (Å²) in [5, 5.41) is 0. The fourth-order valence-electron chi connectivity index (χ4n) is 1.66. The lowest BCUT2D eigenvalue weighted by Crippen LogP contribution is -2.04. The first-order valence-corrected chi connectivity index (χ1v) is 5.98. The van der Waals surface area contributed by atoms with Gasteiger partial charge in [0.2, 0.25) is 0 Å². The summed E-state index contributed by atoms with van der Waals surface area (Å²) in [5.41, 5.74) is 7.33. The lowest BCUT2D eigenvalue weighted by Gasteiger charge is -2.09.